The van der Waals surface area contributed by atoms with E-state index in [-0.39, 0.29) is 16.4 Å². The number of hydrogen-bond donors (Lipinski definition) is 1. The smallest absolute Gasteiger partial charge is 0.246 e. The fourth-order valence-corrected chi connectivity index (χ4v) is 1.89. The SMILES string of the molecule is C=C(C(N)=O)C1(C(C)(C)C)C=NC(C(C)(C)C)=N1. The number of amidine groups is 1. The molecule has 100 valence electrons. The molecule has 4 nitrogen and oxygen atoms in total. The van der Waals surface area contributed by atoms with Crippen LogP contribution in [-0.4, -0.2) is 23.5 Å². The number of nitrogens with zero attached hydrogens (tertiary/aromatic N) is 2. The summed E-state index contributed by atoms with van der Waals surface area (Å²) in [6, 6.07) is 0. The Hall–Kier alpha value is -1.45. The fraction of sp³-hybridized carbons (Fsp3) is 0.643. The van der Waals surface area contributed by atoms with Crippen LogP contribution < -0.4 is 5.73 Å². The summed E-state index contributed by atoms with van der Waals surface area (Å²) in [6.07, 6.45) is 1.71. The first-order valence-corrected chi connectivity index (χ1v) is 6.06. The number of rotatable bonds is 2. The van der Waals surface area contributed by atoms with Crippen LogP contribution in [0.3, 0.4) is 0 Å². The normalized spacial score (nSPS) is 24.0. The number of carbonyl (C=O) groups is 1. The van der Waals surface area contributed by atoms with Crippen molar-refractivity contribution >= 4 is 18.0 Å². The lowest BCUT2D eigenvalue weighted by Gasteiger charge is -2.37. The monoisotopic (exact) mass is 249 g/mol. The van der Waals surface area contributed by atoms with Gasteiger partial charge in [-0.1, -0.05) is 48.1 Å². The maximum absolute atomic E-state index is 11.5. The van der Waals surface area contributed by atoms with Crippen LogP contribution in [0.15, 0.2) is 22.1 Å². The molecule has 1 rings (SSSR count). The van der Waals surface area contributed by atoms with E-state index < -0.39 is 11.4 Å². The van der Waals surface area contributed by atoms with Crippen molar-refractivity contribution in [2.24, 2.45) is 26.5 Å². The molecule has 1 amide bonds. The third-order valence-electron chi connectivity index (χ3n) is 3.23. The van der Waals surface area contributed by atoms with Crippen LogP contribution in [0, 0.1) is 10.8 Å². The first-order valence-electron chi connectivity index (χ1n) is 6.06. The van der Waals surface area contributed by atoms with Crippen molar-refractivity contribution in [2.45, 2.75) is 47.1 Å². The van der Waals surface area contributed by atoms with Gasteiger partial charge in [0.05, 0.1) is 0 Å². The van der Waals surface area contributed by atoms with E-state index in [0.29, 0.717) is 0 Å². The molecule has 0 aromatic rings. The molecular weight excluding hydrogens is 226 g/mol. The van der Waals surface area contributed by atoms with Crippen LogP contribution in [0.4, 0.5) is 0 Å². The molecule has 0 saturated heterocycles. The molecule has 0 aromatic carbocycles. The second-order valence-corrected chi connectivity index (χ2v) is 6.80. The average molecular weight is 249 g/mol. The second kappa shape index (κ2) is 4.04. The van der Waals surface area contributed by atoms with Gasteiger partial charge in [-0.3, -0.25) is 9.79 Å². The van der Waals surface area contributed by atoms with Gasteiger partial charge >= 0.3 is 0 Å². The van der Waals surface area contributed by atoms with Gasteiger partial charge in [0.2, 0.25) is 5.91 Å². The summed E-state index contributed by atoms with van der Waals surface area (Å²) in [5, 5.41) is 0. The average Bonchev–Trinajstić information content (AvgIpc) is 2.60. The number of carbonyl (C=O) groups excluding carboxylic acids is 1. The summed E-state index contributed by atoms with van der Waals surface area (Å²) in [4.78, 5) is 20.6. The van der Waals surface area contributed by atoms with Gasteiger partial charge in [-0.15, -0.1) is 0 Å². The Kier molecular flexibility index (Phi) is 3.28. The zero-order valence-corrected chi connectivity index (χ0v) is 12.2. The highest BCUT2D eigenvalue weighted by molar-refractivity contribution is 6.08. The second-order valence-electron chi connectivity index (χ2n) is 6.80. The Bertz CT molecular complexity index is 447. The number of primary amides is 1. The summed E-state index contributed by atoms with van der Waals surface area (Å²) in [6.45, 7) is 15.9. The number of amides is 1. The Morgan fingerprint density at radius 1 is 1.28 bits per heavy atom. The summed E-state index contributed by atoms with van der Waals surface area (Å²) >= 11 is 0. The predicted octanol–water partition coefficient (Wildman–Crippen LogP) is 2.34. The quantitative estimate of drug-likeness (QED) is 0.750. The van der Waals surface area contributed by atoms with E-state index in [1.807, 2.05) is 41.5 Å². The molecule has 0 spiro atoms. The first-order chi connectivity index (χ1) is 7.92. The minimum atomic E-state index is -0.832. The number of hydrogen-bond acceptors (Lipinski definition) is 3. The summed E-state index contributed by atoms with van der Waals surface area (Å²) < 4.78 is 0. The lowest BCUT2D eigenvalue weighted by atomic mass is 9.70. The van der Waals surface area contributed by atoms with Crippen molar-refractivity contribution in [3.05, 3.63) is 12.2 Å². The Labute approximate surface area is 109 Å². The molecule has 4 heteroatoms. The molecule has 0 bridgehead atoms. The van der Waals surface area contributed by atoms with Crippen LogP contribution in [0.5, 0.6) is 0 Å². The zero-order chi connectivity index (χ0) is 14.4. The van der Waals surface area contributed by atoms with Crippen LogP contribution in [-0.2, 0) is 4.79 Å². The lowest BCUT2D eigenvalue weighted by molar-refractivity contribution is -0.115. The van der Waals surface area contributed by atoms with E-state index in [1.54, 1.807) is 6.21 Å². The van der Waals surface area contributed by atoms with E-state index in [2.05, 4.69) is 16.6 Å². The molecular formula is C14H23N3O. The molecule has 1 aliphatic heterocycles. The molecule has 0 radical (unpaired) electrons. The molecule has 0 aromatic heterocycles. The summed E-state index contributed by atoms with van der Waals surface area (Å²) in [5.41, 5.74) is 4.37. The molecule has 1 heterocycles. The van der Waals surface area contributed by atoms with Crippen LogP contribution >= 0.6 is 0 Å². The summed E-state index contributed by atoms with van der Waals surface area (Å²) in [7, 11) is 0. The van der Waals surface area contributed by atoms with Crippen molar-refractivity contribution < 1.29 is 4.79 Å². The van der Waals surface area contributed by atoms with Gasteiger partial charge in [-0.2, -0.15) is 0 Å². The fourth-order valence-electron chi connectivity index (χ4n) is 1.89. The Balaban J connectivity index is 3.39. The largest absolute Gasteiger partial charge is 0.366 e. The van der Waals surface area contributed by atoms with Gasteiger partial charge < -0.3 is 5.73 Å². The molecule has 0 fully saturated rings. The predicted molar refractivity (Wildman–Crippen MR) is 75.9 cm³/mol. The number of aliphatic imine (C=N–C) groups is 2. The van der Waals surface area contributed by atoms with Crippen molar-refractivity contribution in [2.75, 3.05) is 0 Å². The van der Waals surface area contributed by atoms with E-state index in [9.17, 15) is 4.79 Å². The van der Waals surface area contributed by atoms with Gasteiger partial charge in [-0.05, 0) is 5.41 Å². The molecule has 1 aliphatic rings. The molecule has 1 unspecified atom stereocenters. The Morgan fingerprint density at radius 2 is 1.78 bits per heavy atom. The first kappa shape index (κ1) is 14.6. The van der Waals surface area contributed by atoms with Crippen molar-refractivity contribution in [3.63, 3.8) is 0 Å². The third kappa shape index (κ3) is 2.24. The van der Waals surface area contributed by atoms with E-state index in [0.717, 1.165) is 5.84 Å². The lowest BCUT2D eigenvalue weighted by Crippen LogP contribution is -2.47. The van der Waals surface area contributed by atoms with Gasteiger partial charge in [-0.25, -0.2) is 4.99 Å². The maximum Gasteiger partial charge on any atom is 0.246 e. The number of nitrogens with two attached hydrogens (primary N) is 1. The molecule has 0 saturated carbocycles. The van der Waals surface area contributed by atoms with Gasteiger partial charge in [0, 0.05) is 17.2 Å². The van der Waals surface area contributed by atoms with Crippen molar-refractivity contribution in [3.8, 4) is 0 Å². The highest BCUT2D eigenvalue weighted by Gasteiger charge is 2.48. The maximum atomic E-state index is 11.5. The standard InChI is InChI=1S/C14H23N3O/c1-9(10(15)18)14(13(5,6)7)8-16-11(17-14)12(2,3)4/h8H,1H2,2-7H3,(H2,15,18). The molecule has 1 atom stereocenters. The van der Waals surface area contributed by atoms with Crippen LogP contribution in [0.2, 0.25) is 0 Å². The highest BCUT2D eigenvalue weighted by Crippen LogP contribution is 2.42. The zero-order valence-electron chi connectivity index (χ0n) is 12.2. The van der Waals surface area contributed by atoms with E-state index in [1.165, 1.54) is 0 Å². The minimum Gasteiger partial charge on any atom is -0.366 e. The van der Waals surface area contributed by atoms with E-state index in [4.69, 9.17) is 5.73 Å². The van der Waals surface area contributed by atoms with Crippen LogP contribution in [0.1, 0.15) is 41.5 Å². The topological polar surface area (TPSA) is 67.8 Å². The van der Waals surface area contributed by atoms with E-state index >= 15 is 0 Å². The van der Waals surface area contributed by atoms with Gasteiger partial charge in [0.15, 0.2) is 0 Å². The van der Waals surface area contributed by atoms with Crippen molar-refractivity contribution in [1.29, 1.82) is 0 Å². The molecule has 18 heavy (non-hydrogen) atoms. The van der Waals surface area contributed by atoms with Crippen LogP contribution in [0.25, 0.3) is 0 Å². The Morgan fingerprint density at radius 3 is 2.06 bits per heavy atom. The summed E-state index contributed by atoms with van der Waals surface area (Å²) in [5.74, 6) is 0.190. The minimum absolute atomic E-state index is 0.165. The molecule has 0 aliphatic carbocycles. The van der Waals surface area contributed by atoms with Gasteiger partial charge in [0.1, 0.15) is 11.4 Å². The molecule has 2 N–H and O–H groups in total. The van der Waals surface area contributed by atoms with Gasteiger partial charge in [0.25, 0.3) is 0 Å². The van der Waals surface area contributed by atoms with Crippen molar-refractivity contribution in [1.82, 2.24) is 0 Å². The third-order valence-corrected chi connectivity index (χ3v) is 3.23. The highest BCUT2D eigenvalue weighted by atomic mass is 16.1.